The van der Waals surface area contributed by atoms with Crippen LogP contribution in [0.4, 0.5) is 0 Å². The van der Waals surface area contributed by atoms with Crippen LogP contribution in [0.1, 0.15) is 35.1 Å². The van der Waals surface area contributed by atoms with E-state index < -0.39 is 0 Å². The lowest BCUT2D eigenvalue weighted by atomic mass is 10.1. The molecule has 0 aromatic heterocycles. The van der Waals surface area contributed by atoms with Crippen molar-refractivity contribution < 1.29 is 4.79 Å². The number of hydrogen-bond acceptors (Lipinski definition) is 2. The van der Waals surface area contributed by atoms with Crippen molar-refractivity contribution in [1.82, 2.24) is 10.2 Å². The highest BCUT2D eigenvalue weighted by Gasteiger charge is 2.11. The van der Waals surface area contributed by atoms with Crippen molar-refractivity contribution in [2.75, 3.05) is 13.1 Å². The molecule has 3 nitrogen and oxygen atoms in total. The highest BCUT2D eigenvalue weighted by Crippen LogP contribution is 2.14. The van der Waals surface area contributed by atoms with Crippen LogP contribution in [0.15, 0.2) is 48.5 Å². The minimum absolute atomic E-state index is 0.0730. The fraction of sp³-hybridized carbons (Fsp3) is 0.381. The van der Waals surface area contributed by atoms with E-state index >= 15 is 0 Å². The number of amides is 1. The Morgan fingerprint density at radius 1 is 1.00 bits per heavy atom. The smallest absolute Gasteiger partial charge is 0.224 e. The molecule has 2 aromatic rings. The van der Waals surface area contributed by atoms with E-state index in [-0.39, 0.29) is 5.91 Å². The highest BCUT2D eigenvalue weighted by molar-refractivity contribution is 5.78. The van der Waals surface area contributed by atoms with Crippen LogP contribution in [-0.4, -0.2) is 23.9 Å². The number of rotatable bonds is 6. The molecule has 1 aliphatic rings. The molecule has 0 radical (unpaired) electrons. The molecule has 0 bridgehead atoms. The van der Waals surface area contributed by atoms with Gasteiger partial charge in [-0.1, -0.05) is 54.1 Å². The van der Waals surface area contributed by atoms with Gasteiger partial charge in [0.2, 0.25) is 5.91 Å². The van der Waals surface area contributed by atoms with Gasteiger partial charge in [0, 0.05) is 13.1 Å². The van der Waals surface area contributed by atoms with Gasteiger partial charge in [-0.15, -0.1) is 0 Å². The van der Waals surface area contributed by atoms with Crippen LogP contribution in [-0.2, 0) is 24.3 Å². The number of aryl methyl sites for hydroxylation is 1. The Morgan fingerprint density at radius 3 is 2.46 bits per heavy atom. The van der Waals surface area contributed by atoms with E-state index in [2.05, 4.69) is 41.4 Å². The Hall–Kier alpha value is -2.13. The molecule has 1 amide bonds. The van der Waals surface area contributed by atoms with Crippen molar-refractivity contribution in [3.8, 4) is 0 Å². The predicted molar refractivity (Wildman–Crippen MR) is 97.7 cm³/mol. The van der Waals surface area contributed by atoms with Crippen LogP contribution < -0.4 is 5.32 Å². The molecule has 1 aliphatic heterocycles. The van der Waals surface area contributed by atoms with Crippen LogP contribution in [0.25, 0.3) is 0 Å². The standard InChI is InChI=1S/C21H26N2O/c1-17-7-9-18(10-8-17)14-21(24)22-15-19-5-4-6-20(13-19)16-23-11-2-3-12-23/h4-10,13H,2-3,11-12,14-16H2,1H3,(H,22,24). The van der Waals surface area contributed by atoms with Crippen molar-refractivity contribution in [2.45, 2.75) is 39.3 Å². The van der Waals surface area contributed by atoms with Gasteiger partial charge in [0.1, 0.15) is 0 Å². The zero-order valence-corrected chi connectivity index (χ0v) is 14.4. The van der Waals surface area contributed by atoms with E-state index in [0.29, 0.717) is 13.0 Å². The van der Waals surface area contributed by atoms with Gasteiger partial charge in [-0.3, -0.25) is 9.69 Å². The first-order valence-corrected chi connectivity index (χ1v) is 8.81. The third kappa shape index (κ3) is 4.93. The summed E-state index contributed by atoms with van der Waals surface area (Å²) in [4.78, 5) is 14.6. The van der Waals surface area contributed by atoms with Gasteiger partial charge in [0.15, 0.2) is 0 Å². The van der Waals surface area contributed by atoms with Gasteiger partial charge in [-0.2, -0.15) is 0 Å². The average Bonchev–Trinajstić information content (AvgIpc) is 3.08. The molecular formula is C21H26N2O. The molecule has 1 fully saturated rings. The molecule has 24 heavy (non-hydrogen) atoms. The number of carbonyl (C=O) groups is 1. The summed E-state index contributed by atoms with van der Waals surface area (Å²) in [5.74, 6) is 0.0730. The Labute approximate surface area is 144 Å². The van der Waals surface area contributed by atoms with Crippen molar-refractivity contribution in [1.29, 1.82) is 0 Å². The quantitative estimate of drug-likeness (QED) is 0.883. The van der Waals surface area contributed by atoms with Crippen LogP contribution in [0, 0.1) is 6.92 Å². The molecular weight excluding hydrogens is 296 g/mol. The van der Waals surface area contributed by atoms with E-state index in [9.17, 15) is 4.79 Å². The molecule has 0 saturated carbocycles. The van der Waals surface area contributed by atoms with Crippen LogP contribution in [0.2, 0.25) is 0 Å². The third-order valence-electron chi connectivity index (χ3n) is 4.57. The summed E-state index contributed by atoms with van der Waals surface area (Å²) in [6.07, 6.45) is 3.07. The highest BCUT2D eigenvalue weighted by atomic mass is 16.1. The second kappa shape index (κ2) is 8.11. The second-order valence-corrected chi connectivity index (χ2v) is 6.74. The second-order valence-electron chi connectivity index (χ2n) is 6.74. The predicted octanol–water partition coefficient (Wildman–Crippen LogP) is 3.45. The summed E-state index contributed by atoms with van der Waals surface area (Å²) in [5.41, 5.74) is 4.78. The molecule has 1 N–H and O–H groups in total. The molecule has 1 saturated heterocycles. The van der Waals surface area contributed by atoms with E-state index in [0.717, 1.165) is 12.1 Å². The van der Waals surface area contributed by atoms with Gasteiger partial charge in [-0.25, -0.2) is 0 Å². The van der Waals surface area contributed by atoms with Crippen LogP contribution in [0.3, 0.4) is 0 Å². The van der Waals surface area contributed by atoms with E-state index in [1.54, 1.807) is 0 Å². The monoisotopic (exact) mass is 322 g/mol. The van der Waals surface area contributed by atoms with Crippen molar-refractivity contribution in [2.24, 2.45) is 0 Å². The molecule has 0 spiro atoms. The zero-order valence-electron chi connectivity index (χ0n) is 14.4. The number of nitrogens with zero attached hydrogens (tertiary/aromatic N) is 1. The molecule has 0 atom stereocenters. The molecule has 3 rings (SSSR count). The molecule has 126 valence electrons. The average molecular weight is 322 g/mol. The maximum Gasteiger partial charge on any atom is 0.224 e. The van der Waals surface area contributed by atoms with Crippen molar-refractivity contribution >= 4 is 5.91 Å². The van der Waals surface area contributed by atoms with E-state index in [1.807, 2.05) is 24.3 Å². The maximum absolute atomic E-state index is 12.1. The Kier molecular flexibility index (Phi) is 5.65. The first kappa shape index (κ1) is 16.7. The number of likely N-dealkylation sites (tertiary alicyclic amines) is 1. The van der Waals surface area contributed by atoms with Gasteiger partial charge >= 0.3 is 0 Å². The normalized spacial score (nSPS) is 14.7. The first-order valence-electron chi connectivity index (χ1n) is 8.81. The minimum Gasteiger partial charge on any atom is -0.352 e. The largest absolute Gasteiger partial charge is 0.352 e. The molecule has 1 heterocycles. The Balaban J connectivity index is 1.50. The molecule has 0 aliphatic carbocycles. The van der Waals surface area contributed by atoms with Crippen molar-refractivity contribution in [3.05, 3.63) is 70.8 Å². The lowest BCUT2D eigenvalue weighted by molar-refractivity contribution is -0.120. The van der Waals surface area contributed by atoms with Gasteiger partial charge in [0.25, 0.3) is 0 Å². The number of carbonyl (C=O) groups excluding carboxylic acids is 1. The van der Waals surface area contributed by atoms with Crippen molar-refractivity contribution in [3.63, 3.8) is 0 Å². The van der Waals surface area contributed by atoms with Gasteiger partial charge in [-0.05, 0) is 49.5 Å². The van der Waals surface area contributed by atoms with Crippen LogP contribution in [0.5, 0.6) is 0 Å². The summed E-state index contributed by atoms with van der Waals surface area (Å²) >= 11 is 0. The van der Waals surface area contributed by atoms with Gasteiger partial charge < -0.3 is 5.32 Å². The SMILES string of the molecule is Cc1ccc(CC(=O)NCc2cccc(CN3CCCC3)c2)cc1. The number of benzene rings is 2. The Bertz CT molecular complexity index is 672. The summed E-state index contributed by atoms with van der Waals surface area (Å²) in [5, 5.41) is 3.03. The number of hydrogen-bond donors (Lipinski definition) is 1. The summed E-state index contributed by atoms with van der Waals surface area (Å²) in [7, 11) is 0. The molecule has 3 heteroatoms. The van der Waals surface area contributed by atoms with E-state index in [1.165, 1.54) is 42.6 Å². The number of nitrogens with one attached hydrogen (secondary N) is 1. The molecule has 0 unspecified atom stereocenters. The zero-order chi connectivity index (χ0) is 16.8. The van der Waals surface area contributed by atoms with E-state index in [4.69, 9.17) is 0 Å². The van der Waals surface area contributed by atoms with Gasteiger partial charge in [0.05, 0.1) is 6.42 Å². The summed E-state index contributed by atoms with van der Waals surface area (Å²) in [6, 6.07) is 16.7. The topological polar surface area (TPSA) is 32.3 Å². The lowest BCUT2D eigenvalue weighted by Gasteiger charge is -2.15. The summed E-state index contributed by atoms with van der Waals surface area (Å²) < 4.78 is 0. The fourth-order valence-corrected chi connectivity index (χ4v) is 3.19. The first-order chi connectivity index (χ1) is 11.7. The fourth-order valence-electron chi connectivity index (χ4n) is 3.19. The summed E-state index contributed by atoms with van der Waals surface area (Å²) in [6.45, 7) is 6.08. The lowest BCUT2D eigenvalue weighted by Crippen LogP contribution is -2.24. The third-order valence-corrected chi connectivity index (χ3v) is 4.57. The maximum atomic E-state index is 12.1. The molecule has 2 aromatic carbocycles. The minimum atomic E-state index is 0.0730. The van der Waals surface area contributed by atoms with Crippen LogP contribution >= 0.6 is 0 Å². The Morgan fingerprint density at radius 2 is 1.71 bits per heavy atom.